The molecule has 2 unspecified atom stereocenters. The molecule has 338 valence electrons. The van der Waals surface area contributed by atoms with E-state index in [1.54, 1.807) is 21.1 Å². The number of unbranched alkanes of at least 4 members (excludes halogenated alkanes) is 7. The van der Waals surface area contributed by atoms with Gasteiger partial charge in [0.1, 0.15) is 12.6 Å². The predicted octanol–water partition coefficient (Wildman–Crippen LogP) is 11.5. The number of hydrogen-bond donors (Lipinski definition) is 0. The number of carbonyl (C=O) groups is 3. The van der Waals surface area contributed by atoms with Crippen LogP contribution in [-0.4, -0.2) is 75.5 Å². The first-order valence-corrected chi connectivity index (χ1v) is 22.9. The van der Waals surface area contributed by atoms with Crippen molar-refractivity contribution in [1.29, 1.82) is 0 Å². The topological polar surface area (TPSA) is 102 Å². The molecule has 0 aromatic carbocycles. The molecule has 0 aromatic heterocycles. The highest BCUT2D eigenvalue weighted by molar-refractivity contribution is 5.70. The van der Waals surface area contributed by atoms with Gasteiger partial charge in [0.05, 0.1) is 40.3 Å². The van der Waals surface area contributed by atoms with Gasteiger partial charge in [-0.15, -0.1) is 0 Å². The Balaban J connectivity index is 4.45. The molecule has 0 fully saturated rings. The van der Waals surface area contributed by atoms with Crippen molar-refractivity contribution in [3.8, 4) is 0 Å². The molecule has 0 spiro atoms. The van der Waals surface area contributed by atoms with Gasteiger partial charge in [-0.3, -0.25) is 9.59 Å². The van der Waals surface area contributed by atoms with Gasteiger partial charge in [-0.05, 0) is 83.5 Å². The van der Waals surface area contributed by atoms with Gasteiger partial charge in [0, 0.05) is 19.3 Å². The summed E-state index contributed by atoms with van der Waals surface area (Å²) in [6.45, 7) is 4.32. The van der Waals surface area contributed by atoms with Gasteiger partial charge >= 0.3 is 11.9 Å². The van der Waals surface area contributed by atoms with E-state index in [0.29, 0.717) is 12.8 Å². The second-order valence-electron chi connectivity index (χ2n) is 15.9. The molecule has 0 aliphatic carbocycles. The Morgan fingerprint density at radius 3 is 1.37 bits per heavy atom. The minimum atomic E-state index is -1.14. The van der Waals surface area contributed by atoms with Crippen LogP contribution in [-0.2, 0) is 28.6 Å². The Morgan fingerprint density at radius 2 is 0.917 bits per heavy atom. The van der Waals surface area contributed by atoms with Crippen LogP contribution in [0.15, 0.2) is 109 Å². The molecule has 0 aromatic rings. The average molecular weight is 834 g/mol. The van der Waals surface area contributed by atoms with Gasteiger partial charge in [-0.1, -0.05) is 155 Å². The van der Waals surface area contributed by atoms with Crippen molar-refractivity contribution in [3.05, 3.63) is 109 Å². The van der Waals surface area contributed by atoms with Crippen LogP contribution in [0.1, 0.15) is 149 Å². The third-order valence-electron chi connectivity index (χ3n) is 9.42. The lowest BCUT2D eigenvalue weighted by Gasteiger charge is -2.34. The Hall–Kier alpha value is -4.01. The normalized spacial score (nSPS) is 13.9. The van der Waals surface area contributed by atoms with Gasteiger partial charge in [-0.2, -0.15) is 0 Å². The molecule has 8 heteroatoms. The summed E-state index contributed by atoms with van der Waals surface area (Å²) in [7, 11) is 5.37. The first-order chi connectivity index (χ1) is 29.1. The van der Waals surface area contributed by atoms with Crippen molar-refractivity contribution in [2.24, 2.45) is 0 Å². The summed E-state index contributed by atoms with van der Waals surface area (Å²) in [5.41, 5.74) is 0. The van der Waals surface area contributed by atoms with E-state index in [9.17, 15) is 19.5 Å². The molecule has 0 rings (SSSR count). The predicted molar refractivity (Wildman–Crippen MR) is 249 cm³/mol. The SMILES string of the molecule is CC/C=C/C/C=C/C/C=C/C/C=C/C/C=C/CCC(=O)OC(COCCC(C(=O)[O-])[N+](C)(C)C)COC(=O)CCCCCCCCC/C=C/C/C=C/C/C=C/C/C=C/CC. The Bertz CT molecular complexity index is 1340. The van der Waals surface area contributed by atoms with Crippen LogP contribution < -0.4 is 5.11 Å². The molecule has 0 aliphatic rings. The molecular weight excluding hydrogens is 751 g/mol. The highest BCUT2D eigenvalue weighted by atomic mass is 16.6. The van der Waals surface area contributed by atoms with Crippen molar-refractivity contribution in [2.75, 3.05) is 41.0 Å². The lowest BCUT2D eigenvalue weighted by Crippen LogP contribution is -2.55. The summed E-state index contributed by atoms with van der Waals surface area (Å²) >= 11 is 0. The van der Waals surface area contributed by atoms with Crippen molar-refractivity contribution in [3.63, 3.8) is 0 Å². The maximum Gasteiger partial charge on any atom is 0.306 e. The van der Waals surface area contributed by atoms with Gasteiger partial charge in [0.2, 0.25) is 0 Å². The molecule has 0 saturated carbocycles. The Kier molecular flexibility index (Phi) is 38.9. The molecule has 2 atom stereocenters. The zero-order valence-electron chi connectivity index (χ0n) is 38.3. The number of likely N-dealkylation sites (N-methyl/N-ethyl adjacent to an activating group) is 1. The number of hydrogen-bond acceptors (Lipinski definition) is 7. The average Bonchev–Trinajstić information content (AvgIpc) is 3.21. The van der Waals surface area contributed by atoms with Gasteiger partial charge in [0.25, 0.3) is 0 Å². The molecule has 0 amide bonds. The second-order valence-corrected chi connectivity index (χ2v) is 15.9. The quantitative estimate of drug-likeness (QED) is 0.0263. The zero-order chi connectivity index (χ0) is 44.2. The molecule has 0 heterocycles. The third-order valence-corrected chi connectivity index (χ3v) is 9.42. The van der Waals surface area contributed by atoms with E-state index in [0.717, 1.165) is 89.9 Å². The van der Waals surface area contributed by atoms with E-state index in [-0.39, 0.29) is 43.1 Å². The lowest BCUT2D eigenvalue weighted by molar-refractivity contribution is -0.889. The van der Waals surface area contributed by atoms with Gasteiger partial charge < -0.3 is 28.6 Å². The number of aliphatic carboxylic acids is 1. The van der Waals surface area contributed by atoms with E-state index in [1.165, 1.54) is 19.3 Å². The minimum Gasteiger partial charge on any atom is -0.544 e. The smallest absolute Gasteiger partial charge is 0.306 e. The fourth-order valence-corrected chi connectivity index (χ4v) is 5.93. The third kappa shape index (κ3) is 39.5. The van der Waals surface area contributed by atoms with Crippen LogP contribution in [0.4, 0.5) is 0 Å². The first-order valence-electron chi connectivity index (χ1n) is 22.9. The Morgan fingerprint density at radius 1 is 0.500 bits per heavy atom. The standard InChI is InChI=1S/C52H83NO7/c1-6-8-10-12-14-16-18-20-22-24-25-26-27-29-30-32-34-36-38-40-42-50(54)59-47-48(46-58-45-44-49(52(56)57)53(3,4)5)60-51(55)43-41-39-37-35-33-31-28-23-21-19-17-15-13-11-9-7-2/h8-11,14-17,20-23,25-26,31,33,37,39,48-49H,6-7,12-13,18-19,24,27-30,32,34-36,38,40-47H2,1-5H3/b10-8+,11-9+,16-14+,17-15+,22-20+,23-21+,26-25+,33-31+,39-37+. The number of esters is 2. The summed E-state index contributed by atoms with van der Waals surface area (Å²) in [4.78, 5) is 36.9. The Labute approximate surface area is 366 Å². The first kappa shape index (κ1) is 56.0. The highest BCUT2D eigenvalue weighted by Gasteiger charge is 2.25. The highest BCUT2D eigenvalue weighted by Crippen LogP contribution is 2.12. The maximum atomic E-state index is 12.7. The molecule has 0 radical (unpaired) electrons. The fraction of sp³-hybridized carbons (Fsp3) is 0.596. The van der Waals surface area contributed by atoms with Crippen LogP contribution in [0.3, 0.4) is 0 Å². The maximum absolute atomic E-state index is 12.7. The van der Waals surface area contributed by atoms with Crippen LogP contribution in [0.25, 0.3) is 0 Å². The molecule has 0 N–H and O–H groups in total. The molecule has 0 bridgehead atoms. The summed E-state index contributed by atoms with van der Waals surface area (Å²) in [6, 6.07) is -0.747. The zero-order valence-corrected chi connectivity index (χ0v) is 38.3. The van der Waals surface area contributed by atoms with E-state index in [4.69, 9.17) is 14.2 Å². The van der Waals surface area contributed by atoms with Crippen molar-refractivity contribution >= 4 is 17.9 Å². The number of quaternary nitrogens is 1. The number of carbonyl (C=O) groups excluding carboxylic acids is 3. The summed E-state index contributed by atoms with van der Waals surface area (Å²) < 4.78 is 17.1. The molecule has 0 saturated heterocycles. The summed E-state index contributed by atoms with van der Waals surface area (Å²) in [6.07, 6.45) is 57.0. The van der Waals surface area contributed by atoms with Crippen molar-refractivity contribution in [2.45, 2.75) is 161 Å². The summed E-state index contributed by atoms with van der Waals surface area (Å²) in [5, 5.41) is 11.6. The molecule has 8 nitrogen and oxygen atoms in total. The number of rotatable bonds is 39. The number of carboxylic acids is 1. The van der Waals surface area contributed by atoms with Crippen LogP contribution >= 0.6 is 0 Å². The minimum absolute atomic E-state index is 0.000116. The van der Waals surface area contributed by atoms with Crippen LogP contribution in [0.5, 0.6) is 0 Å². The van der Waals surface area contributed by atoms with E-state index in [2.05, 4.69) is 111 Å². The number of ether oxygens (including phenoxy) is 3. The van der Waals surface area contributed by atoms with Crippen molar-refractivity contribution < 1.29 is 38.2 Å². The van der Waals surface area contributed by atoms with E-state index >= 15 is 0 Å². The van der Waals surface area contributed by atoms with Crippen LogP contribution in [0.2, 0.25) is 0 Å². The monoisotopic (exact) mass is 834 g/mol. The molecule has 60 heavy (non-hydrogen) atoms. The van der Waals surface area contributed by atoms with E-state index < -0.39 is 24.1 Å². The molecule has 0 aliphatic heterocycles. The van der Waals surface area contributed by atoms with Gasteiger partial charge in [0.15, 0.2) is 6.10 Å². The number of allylic oxidation sites excluding steroid dienone is 18. The number of carboxylic acid groups (broad SMARTS) is 1. The van der Waals surface area contributed by atoms with Gasteiger partial charge in [-0.25, -0.2) is 0 Å². The van der Waals surface area contributed by atoms with Crippen molar-refractivity contribution in [1.82, 2.24) is 0 Å². The largest absolute Gasteiger partial charge is 0.544 e. The van der Waals surface area contributed by atoms with E-state index in [1.807, 2.05) is 12.2 Å². The summed E-state index contributed by atoms with van der Waals surface area (Å²) in [5.74, 6) is -1.87. The fourth-order valence-electron chi connectivity index (χ4n) is 5.93. The second kappa shape index (κ2) is 41.7. The molecular formula is C52H83NO7. The van der Waals surface area contributed by atoms with Crippen LogP contribution in [0, 0.1) is 0 Å². The number of nitrogens with zero attached hydrogens (tertiary/aromatic N) is 1. The lowest BCUT2D eigenvalue weighted by atomic mass is 10.1.